The average Bonchev–Trinajstić information content (AvgIpc) is 3.32. The molecule has 4 aromatic rings. The Balaban J connectivity index is 1.67. The van der Waals surface area contributed by atoms with Crippen molar-refractivity contribution in [2.45, 2.75) is 19.9 Å². The number of carbonyl (C=O) groups excluding carboxylic acids is 2. The predicted octanol–water partition coefficient (Wildman–Crippen LogP) is 6.60. The highest BCUT2D eigenvalue weighted by Gasteiger charge is 2.45. The molecule has 1 atom stereocenters. The van der Waals surface area contributed by atoms with Gasteiger partial charge in [-0.15, -0.1) is 0 Å². The molecule has 0 saturated heterocycles. The second-order valence-electron chi connectivity index (χ2n) is 8.22. The number of Topliss-reactive ketones (excluding diaryl/α,β-unsaturated/α-hetero) is 1. The smallest absolute Gasteiger partial charge is 0.294 e. The van der Waals surface area contributed by atoms with Crippen molar-refractivity contribution in [3.05, 3.63) is 111 Å². The summed E-state index contributed by atoms with van der Waals surface area (Å²) in [4.78, 5) is 28.4. The third kappa shape index (κ3) is 3.66. The standard InChI is InChI=1S/C27H20BrNO4/c1-15-10-16(2)12-20(11-15)29-24(17-6-4-3-5-7-17)23(26(31)27(29)32)25(30)22-14-18-13-19(28)8-9-21(18)33-22/h3-14,24,31H,1-2H3. The number of hydrogen-bond acceptors (Lipinski definition) is 4. The van der Waals surface area contributed by atoms with Crippen LogP contribution < -0.4 is 4.90 Å². The third-order valence-corrected chi connectivity index (χ3v) is 6.25. The Morgan fingerprint density at radius 2 is 1.67 bits per heavy atom. The van der Waals surface area contributed by atoms with Crippen LogP contribution in [0.1, 0.15) is 33.3 Å². The van der Waals surface area contributed by atoms with Crippen molar-refractivity contribution in [1.29, 1.82) is 0 Å². The second kappa shape index (κ2) is 8.05. The molecule has 1 unspecified atom stereocenters. The summed E-state index contributed by atoms with van der Waals surface area (Å²) in [6.45, 7) is 3.89. The maximum absolute atomic E-state index is 13.6. The van der Waals surface area contributed by atoms with Gasteiger partial charge in [0.15, 0.2) is 11.5 Å². The van der Waals surface area contributed by atoms with E-state index >= 15 is 0 Å². The highest BCUT2D eigenvalue weighted by Crippen LogP contribution is 2.42. The van der Waals surface area contributed by atoms with Gasteiger partial charge >= 0.3 is 0 Å². The first kappa shape index (κ1) is 21.2. The minimum Gasteiger partial charge on any atom is -0.503 e. The Morgan fingerprint density at radius 1 is 0.970 bits per heavy atom. The zero-order valence-electron chi connectivity index (χ0n) is 18.0. The fraction of sp³-hybridized carbons (Fsp3) is 0.111. The van der Waals surface area contributed by atoms with E-state index in [0.717, 1.165) is 26.5 Å². The fourth-order valence-electron chi connectivity index (χ4n) is 4.40. The van der Waals surface area contributed by atoms with Gasteiger partial charge in [0, 0.05) is 15.5 Å². The van der Waals surface area contributed by atoms with Crippen LogP contribution in [0.2, 0.25) is 0 Å². The van der Waals surface area contributed by atoms with Crippen LogP contribution in [0.15, 0.2) is 93.0 Å². The van der Waals surface area contributed by atoms with Gasteiger partial charge in [0.2, 0.25) is 5.78 Å². The van der Waals surface area contributed by atoms with E-state index in [1.807, 2.05) is 74.5 Å². The Morgan fingerprint density at radius 3 is 2.36 bits per heavy atom. The van der Waals surface area contributed by atoms with Gasteiger partial charge in [0.25, 0.3) is 5.91 Å². The number of carbonyl (C=O) groups is 2. The molecule has 5 nitrogen and oxygen atoms in total. The van der Waals surface area contributed by atoms with Crippen molar-refractivity contribution in [3.63, 3.8) is 0 Å². The van der Waals surface area contributed by atoms with Crippen molar-refractivity contribution in [2.24, 2.45) is 0 Å². The summed E-state index contributed by atoms with van der Waals surface area (Å²) in [5, 5.41) is 11.7. The number of fused-ring (bicyclic) bond motifs is 1. The van der Waals surface area contributed by atoms with Crippen LogP contribution >= 0.6 is 15.9 Å². The summed E-state index contributed by atoms with van der Waals surface area (Å²) < 4.78 is 6.66. The molecule has 1 amide bonds. The highest BCUT2D eigenvalue weighted by atomic mass is 79.9. The quantitative estimate of drug-likeness (QED) is 0.320. The van der Waals surface area contributed by atoms with Crippen molar-refractivity contribution in [2.75, 3.05) is 4.90 Å². The molecular weight excluding hydrogens is 482 g/mol. The number of amides is 1. The summed E-state index contributed by atoms with van der Waals surface area (Å²) in [5.41, 5.74) is 3.85. The van der Waals surface area contributed by atoms with E-state index in [4.69, 9.17) is 4.42 Å². The summed E-state index contributed by atoms with van der Waals surface area (Å²) in [7, 11) is 0. The van der Waals surface area contributed by atoms with Crippen LogP contribution in [0.25, 0.3) is 11.0 Å². The van der Waals surface area contributed by atoms with Crippen LogP contribution in [-0.2, 0) is 4.79 Å². The monoisotopic (exact) mass is 501 g/mol. The molecule has 6 heteroatoms. The topological polar surface area (TPSA) is 70.8 Å². The first-order valence-corrected chi connectivity index (χ1v) is 11.3. The molecule has 0 bridgehead atoms. The molecule has 5 rings (SSSR count). The normalized spacial score (nSPS) is 16.2. The molecule has 0 spiro atoms. The zero-order valence-corrected chi connectivity index (χ0v) is 19.6. The number of aliphatic hydroxyl groups excluding tert-OH is 1. The van der Waals surface area contributed by atoms with E-state index in [0.29, 0.717) is 11.3 Å². The van der Waals surface area contributed by atoms with Crippen LogP contribution in [0, 0.1) is 13.8 Å². The van der Waals surface area contributed by atoms with E-state index in [2.05, 4.69) is 15.9 Å². The number of furan rings is 1. The molecule has 33 heavy (non-hydrogen) atoms. The predicted molar refractivity (Wildman–Crippen MR) is 130 cm³/mol. The second-order valence-corrected chi connectivity index (χ2v) is 9.13. The first-order chi connectivity index (χ1) is 15.8. The number of hydrogen-bond donors (Lipinski definition) is 1. The molecule has 1 aliphatic heterocycles. The Kier molecular flexibility index (Phi) is 5.17. The van der Waals surface area contributed by atoms with Gasteiger partial charge in [-0.1, -0.05) is 52.3 Å². The van der Waals surface area contributed by atoms with E-state index in [1.54, 1.807) is 12.1 Å². The Labute approximate surface area is 199 Å². The number of aryl methyl sites for hydroxylation is 2. The molecule has 0 fully saturated rings. The number of anilines is 1. The molecule has 3 aromatic carbocycles. The van der Waals surface area contributed by atoms with Crippen LogP contribution in [-0.4, -0.2) is 16.8 Å². The lowest BCUT2D eigenvalue weighted by atomic mass is 9.94. The SMILES string of the molecule is Cc1cc(C)cc(N2C(=O)C(O)=C(C(=O)c3cc4cc(Br)ccc4o3)C2c2ccccc2)c1. The van der Waals surface area contributed by atoms with Gasteiger partial charge in [-0.2, -0.15) is 0 Å². The molecule has 1 aromatic heterocycles. The minimum atomic E-state index is -0.785. The van der Waals surface area contributed by atoms with Crippen molar-refractivity contribution in [3.8, 4) is 0 Å². The van der Waals surface area contributed by atoms with E-state index < -0.39 is 23.5 Å². The number of benzene rings is 3. The maximum atomic E-state index is 13.6. The summed E-state index contributed by atoms with van der Waals surface area (Å²) in [6, 6.07) is 21.3. The van der Waals surface area contributed by atoms with Gasteiger partial charge in [-0.3, -0.25) is 14.5 Å². The minimum absolute atomic E-state index is 0.00322. The number of halogens is 1. The van der Waals surface area contributed by atoms with Crippen molar-refractivity contribution >= 4 is 44.3 Å². The molecule has 164 valence electrons. The summed E-state index contributed by atoms with van der Waals surface area (Å²) >= 11 is 3.42. The number of ketones is 1. The maximum Gasteiger partial charge on any atom is 0.294 e. The molecule has 0 radical (unpaired) electrons. The number of rotatable bonds is 4. The Hall–Kier alpha value is -3.64. The molecule has 2 heterocycles. The average molecular weight is 502 g/mol. The first-order valence-electron chi connectivity index (χ1n) is 10.5. The van der Waals surface area contributed by atoms with Gasteiger partial charge in [-0.25, -0.2) is 0 Å². The summed E-state index contributed by atoms with van der Waals surface area (Å²) in [6.07, 6.45) is 0. The molecule has 0 aliphatic carbocycles. The van der Waals surface area contributed by atoms with Crippen LogP contribution in [0.5, 0.6) is 0 Å². The van der Waals surface area contributed by atoms with Crippen LogP contribution in [0.4, 0.5) is 5.69 Å². The molecule has 1 aliphatic rings. The third-order valence-electron chi connectivity index (χ3n) is 5.75. The van der Waals surface area contributed by atoms with Gasteiger partial charge in [-0.05, 0) is 66.9 Å². The van der Waals surface area contributed by atoms with Crippen LogP contribution in [0.3, 0.4) is 0 Å². The summed E-state index contributed by atoms with van der Waals surface area (Å²) in [5.74, 6) is -1.62. The van der Waals surface area contributed by atoms with E-state index in [9.17, 15) is 14.7 Å². The largest absolute Gasteiger partial charge is 0.503 e. The lowest BCUT2D eigenvalue weighted by molar-refractivity contribution is -0.117. The van der Waals surface area contributed by atoms with Gasteiger partial charge < -0.3 is 9.52 Å². The molecular formula is C27H20BrNO4. The number of nitrogens with zero attached hydrogens (tertiary/aromatic N) is 1. The van der Waals surface area contributed by atoms with Gasteiger partial charge in [0.05, 0.1) is 11.6 Å². The fourth-order valence-corrected chi connectivity index (χ4v) is 4.78. The zero-order chi connectivity index (χ0) is 23.3. The number of aliphatic hydroxyl groups is 1. The van der Waals surface area contributed by atoms with Crippen molar-refractivity contribution in [1.82, 2.24) is 0 Å². The lowest BCUT2D eigenvalue weighted by Crippen LogP contribution is -2.31. The van der Waals surface area contributed by atoms with E-state index in [-0.39, 0.29) is 11.3 Å². The van der Waals surface area contributed by atoms with E-state index in [1.165, 1.54) is 4.90 Å². The van der Waals surface area contributed by atoms with Gasteiger partial charge in [0.1, 0.15) is 5.58 Å². The lowest BCUT2D eigenvalue weighted by Gasteiger charge is -2.27. The highest BCUT2D eigenvalue weighted by molar-refractivity contribution is 9.10. The molecule has 0 saturated carbocycles. The Bertz CT molecular complexity index is 1430. The molecule has 1 N–H and O–H groups in total. The van der Waals surface area contributed by atoms with Crippen molar-refractivity contribution < 1.29 is 19.1 Å².